The number of nitrogens with zero attached hydrogens (tertiary/aromatic N) is 4. The number of pyridine rings is 1. The van der Waals surface area contributed by atoms with Gasteiger partial charge in [0.05, 0.1) is 0 Å². The molecular formula is C16H26N4O. The molecule has 1 aliphatic rings. The molecule has 1 aliphatic heterocycles. The Morgan fingerprint density at radius 3 is 2.57 bits per heavy atom. The van der Waals surface area contributed by atoms with Gasteiger partial charge in [0.15, 0.2) is 0 Å². The topological polar surface area (TPSA) is 39.7 Å². The Balaban J connectivity index is 2.04. The molecule has 0 spiro atoms. The normalized spacial score (nSPS) is 16.8. The predicted octanol–water partition coefficient (Wildman–Crippen LogP) is 1.70. The average Bonchev–Trinajstić information content (AvgIpc) is 2.53. The van der Waals surface area contributed by atoms with Crippen LogP contribution in [0.25, 0.3) is 0 Å². The van der Waals surface area contributed by atoms with Gasteiger partial charge in [0.2, 0.25) is 0 Å². The first-order valence-corrected chi connectivity index (χ1v) is 7.65. The second kappa shape index (κ2) is 6.89. The zero-order valence-electron chi connectivity index (χ0n) is 13.5. The third-order valence-corrected chi connectivity index (χ3v) is 4.35. The molecule has 5 heteroatoms. The second-order valence-electron chi connectivity index (χ2n) is 5.88. The maximum atomic E-state index is 12.6. The number of hydrogen-bond donors (Lipinski definition) is 0. The zero-order valence-corrected chi connectivity index (χ0v) is 13.5. The lowest BCUT2D eigenvalue weighted by Crippen LogP contribution is -2.45. The predicted molar refractivity (Wildman–Crippen MR) is 85.8 cm³/mol. The quantitative estimate of drug-likeness (QED) is 0.846. The summed E-state index contributed by atoms with van der Waals surface area (Å²) in [6, 6.07) is 4.10. The van der Waals surface area contributed by atoms with E-state index in [1.54, 1.807) is 6.20 Å². The van der Waals surface area contributed by atoms with Gasteiger partial charge < -0.3 is 14.7 Å². The van der Waals surface area contributed by atoms with Gasteiger partial charge in [-0.2, -0.15) is 0 Å². The lowest BCUT2D eigenvalue weighted by molar-refractivity contribution is 0.0641. The monoisotopic (exact) mass is 290 g/mol. The number of carbonyl (C=O) groups excluding carboxylic acids is 1. The number of carbonyl (C=O) groups is 1. The van der Waals surface area contributed by atoms with Crippen LogP contribution < -0.4 is 4.90 Å². The van der Waals surface area contributed by atoms with Gasteiger partial charge in [-0.1, -0.05) is 6.92 Å². The van der Waals surface area contributed by atoms with Crippen LogP contribution in [0.3, 0.4) is 0 Å². The molecule has 0 radical (unpaired) electrons. The lowest BCUT2D eigenvalue weighted by Gasteiger charge is -2.36. The van der Waals surface area contributed by atoms with Gasteiger partial charge in [0.1, 0.15) is 5.69 Å². The number of rotatable bonds is 4. The molecule has 0 atom stereocenters. The Labute approximate surface area is 127 Å². The number of amides is 1. The summed E-state index contributed by atoms with van der Waals surface area (Å²) in [5.74, 6) is 0.0219. The summed E-state index contributed by atoms with van der Waals surface area (Å²) in [4.78, 5) is 23.1. The van der Waals surface area contributed by atoms with Crippen molar-refractivity contribution in [1.29, 1.82) is 0 Å². The van der Waals surface area contributed by atoms with Crippen molar-refractivity contribution in [2.45, 2.75) is 25.8 Å². The maximum Gasteiger partial charge on any atom is 0.272 e. The smallest absolute Gasteiger partial charge is 0.272 e. The molecule has 0 bridgehead atoms. The molecular weight excluding hydrogens is 264 g/mol. The summed E-state index contributed by atoms with van der Waals surface area (Å²) >= 11 is 0. The van der Waals surface area contributed by atoms with E-state index < -0.39 is 0 Å². The van der Waals surface area contributed by atoms with Crippen molar-refractivity contribution < 1.29 is 4.79 Å². The minimum absolute atomic E-state index is 0.0219. The van der Waals surface area contributed by atoms with E-state index in [1.807, 2.05) is 43.1 Å². The van der Waals surface area contributed by atoms with E-state index in [1.165, 1.54) is 0 Å². The number of anilines is 1. The largest absolute Gasteiger partial charge is 0.378 e. The Morgan fingerprint density at radius 1 is 1.33 bits per heavy atom. The van der Waals surface area contributed by atoms with Crippen LogP contribution in [0.2, 0.25) is 0 Å². The van der Waals surface area contributed by atoms with Gasteiger partial charge >= 0.3 is 0 Å². The molecule has 116 valence electrons. The number of hydrogen-bond acceptors (Lipinski definition) is 4. The number of likely N-dealkylation sites (tertiary alicyclic amines) is 1. The van der Waals surface area contributed by atoms with E-state index in [-0.39, 0.29) is 5.91 Å². The SMILES string of the molecule is CCN1CCC(N(C)C(=O)c2cc(N(C)C)ccn2)CC1. The van der Waals surface area contributed by atoms with E-state index >= 15 is 0 Å². The highest BCUT2D eigenvalue weighted by molar-refractivity contribution is 5.93. The molecule has 0 aliphatic carbocycles. The highest BCUT2D eigenvalue weighted by Gasteiger charge is 2.26. The molecule has 2 heterocycles. The van der Waals surface area contributed by atoms with Crippen LogP contribution in [0.4, 0.5) is 5.69 Å². The fraction of sp³-hybridized carbons (Fsp3) is 0.625. The van der Waals surface area contributed by atoms with Gasteiger partial charge in [-0.15, -0.1) is 0 Å². The summed E-state index contributed by atoms with van der Waals surface area (Å²) in [6.45, 7) is 5.43. The van der Waals surface area contributed by atoms with E-state index in [0.29, 0.717) is 11.7 Å². The van der Waals surface area contributed by atoms with E-state index in [2.05, 4.69) is 16.8 Å². The molecule has 1 saturated heterocycles. The molecule has 1 amide bonds. The van der Waals surface area contributed by atoms with Crippen LogP contribution in [0, 0.1) is 0 Å². The van der Waals surface area contributed by atoms with Gasteiger partial charge in [0, 0.05) is 52.2 Å². The van der Waals surface area contributed by atoms with Crippen molar-refractivity contribution in [2.75, 3.05) is 45.7 Å². The highest BCUT2D eigenvalue weighted by atomic mass is 16.2. The third-order valence-electron chi connectivity index (χ3n) is 4.35. The molecule has 5 nitrogen and oxygen atoms in total. The van der Waals surface area contributed by atoms with Crippen LogP contribution in [-0.2, 0) is 0 Å². The molecule has 1 fully saturated rings. The van der Waals surface area contributed by atoms with Gasteiger partial charge in [-0.05, 0) is 31.5 Å². The highest BCUT2D eigenvalue weighted by Crippen LogP contribution is 2.18. The summed E-state index contributed by atoms with van der Waals surface area (Å²) in [7, 11) is 5.83. The number of piperidine rings is 1. The van der Waals surface area contributed by atoms with Gasteiger partial charge in [0.25, 0.3) is 5.91 Å². The number of aromatic nitrogens is 1. The van der Waals surface area contributed by atoms with E-state index in [4.69, 9.17) is 0 Å². The molecule has 1 aromatic heterocycles. The molecule has 2 rings (SSSR count). The molecule has 1 aromatic rings. The fourth-order valence-corrected chi connectivity index (χ4v) is 2.78. The second-order valence-corrected chi connectivity index (χ2v) is 5.88. The van der Waals surface area contributed by atoms with Crippen molar-refractivity contribution in [1.82, 2.24) is 14.8 Å². The summed E-state index contributed by atoms with van der Waals surface area (Å²) in [5.41, 5.74) is 1.53. The van der Waals surface area contributed by atoms with Crippen LogP contribution in [0.15, 0.2) is 18.3 Å². The summed E-state index contributed by atoms with van der Waals surface area (Å²) in [5, 5.41) is 0. The van der Waals surface area contributed by atoms with Crippen molar-refractivity contribution in [3.63, 3.8) is 0 Å². The van der Waals surface area contributed by atoms with E-state index in [9.17, 15) is 4.79 Å². The van der Waals surface area contributed by atoms with E-state index in [0.717, 1.165) is 38.2 Å². The first-order chi connectivity index (χ1) is 10.0. The Hall–Kier alpha value is -1.62. The van der Waals surface area contributed by atoms with Crippen molar-refractivity contribution in [2.24, 2.45) is 0 Å². The minimum atomic E-state index is 0.0219. The average molecular weight is 290 g/mol. The van der Waals surface area contributed by atoms with Crippen molar-refractivity contribution in [3.8, 4) is 0 Å². The van der Waals surface area contributed by atoms with Crippen LogP contribution in [0.1, 0.15) is 30.3 Å². The molecule has 0 N–H and O–H groups in total. The fourth-order valence-electron chi connectivity index (χ4n) is 2.78. The van der Waals surface area contributed by atoms with Crippen molar-refractivity contribution in [3.05, 3.63) is 24.0 Å². The molecule has 0 unspecified atom stereocenters. The first kappa shape index (κ1) is 15.8. The molecule has 0 aromatic carbocycles. The first-order valence-electron chi connectivity index (χ1n) is 7.65. The molecule has 0 saturated carbocycles. The maximum absolute atomic E-state index is 12.6. The minimum Gasteiger partial charge on any atom is -0.378 e. The Kier molecular flexibility index (Phi) is 5.17. The van der Waals surface area contributed by atoms with Crippen LogP contribution >= 0.6 is 0 Å². The van der Waals surface area contributed by atoms with Crippen molar-refractivity contribution >= 4 is 11.6 Å². The summed E-state index contributed by atoms with van der Waals surface area (Å²) in [6.07, 6.45) is 3.79. The van der Waals surface area contributed by atoms with Crippen LogP contribution in [-0.4, -0.2) is 67.5 Å². The molecule has 21 heavy (non-hydrogen) atoms. The Morgan fingerprint density at radius 2 is 2.00 bits per heavy atom. The van der Waals surface area contributed by atoms with Crippen LogP contribution in [0.5, 0.6) is 0 Å². The third kappa shape index (κ3) is 3.73. The van der Waals surface area contributed by atoms with Gasteiger partial charge in [-0.3, -0.25) is 9.78 Å². The summed E-state index contributed by atoms with van der Waals surface area (Å²) < 4.78 is 0. The lowest BCUT2D eigenvalue weighted by atomic mass is 10.0. The van der Waals surface area contributed by atoms with Gasteiger partial charge in [-0.25, -0.2) is 0 Å². The Bertz CT molecular complexity index is 481. The standard InChI is InChI=1S/C16H26N4O/c1-5-20-10-7-13(8-11-20)19(4)16(21)15-12-14(18(2)3)6-9-17-15/h6,9,12-13H,5,7-8,10-11H2,1-4H3. The zero-order chi connectivity index (χ0) is 15.4.